The molecular weight excluding hydrogens is 276 g/mol. The molecule has 2 aliphatic rings. The molecule has 0 atom stereocenters. The minimum Gasteiger partial charge on any atom is -0.371 e. The zero-order valence-electron chi connectivity index (χ0n) is 12.6. The molecule has 1 amide bonds. The highest BCUT2D eigenvalue weighted by Crippen LogP contribution is 2.27. The van der Waals surface area contributed by atoms with Crippen LogP contribution in [0.15, 0.2) is 24.3 Å². The number of imidazole rings is 1. The average Bonchev–Trinajstić information content (AvgIpc) is 3.09. The molecular formula is C17H20N4O. The van der Waals surface area contributed by atoms with Gasteiger partial charge in [0.2, 0.25) is 0 Å². The molecule has 0 unspecified atom stereocenters. The summed E-state index contributed by atoms with van der Waals surface area (Å²) < 4.78 is 0. The summed E-state index contributed by atoms with van der Waals surface area (Å²) >= 11 is 0. The lowest BCUT2D eigenvalue weighted by molar-refractivity contribution is 0.0951. The zero-order valence-corrected chi connectivity index (χ0v) is 12.6. The number of hydrogen-bond donors (Lipinski definition) is 2. The second-order valence-electron chi connectivity index (χ2n) is 5.99. The number of nitrogens with zero attached hydrogens (tertiary/aromatic N) is 2. The van der Waals surface area contributed by atoms with Gasteiger partial charge in [0, 0.05) is 37.4 Å². The van der Waals surface area contributed by atoms with Gasteiger partial charge in [0.1, 0.15) is 11.5 Å². The molecule has 0 bridgehead atoms. The van der Waals surface area contributed by atoms with Crippen molar-refractivity contribution in [3.8, 4) is 0 Å². The van der Waals surface area contributed by atoms with Crippen LogP contribution in [0.25, 0.3) is 0 Å². The van der Waals surface area contributed by atoms with E-state index < -0.39 is 0 Å². The van der Waals surface area contributed by atoms with Crippen LogP contribution in [0.2, 0.25) is 0 Å². The summed E-state index contributed by atoms with van der Waals surface area (Å²) in [4.78, 5) is 22.2. The van der Waals surface area contributed by atoms with E-state index in [1.165, 1.54) is 11.3 Å². The van der Waals surface area contributed by atoms with Crippen molar-refractivity contribution in [2.24, 2.45) is 0 Å². The van der Waals surface area contributed by atoms with E-state index in [2.05, 4.69) is 44.5 Å². The number of rotatable bonds is 3. The van der Waals surface area contributed by atoms with Gasteiger partial charge in [-0.3, -0.25) is 4.79 Å². The standard InChI is InChI=1S/C17H20N4O/c22-17-16-13(5-3-9-18-17)19-15(20-16)8-11-21-10-7-12-4-1-2-6-14(12)21/h1-2,4,6H,3,5,7-11H2,(H,18,22)(H,19,20). The number of para-hydroxylation sites is 1. The Balaban J connectivity index is 1.47. The Morgan fingerprint density at radius 2 is 2.14 bits per heavy atom. The Kier molecular flexibility index (Phi) is 3.33. The highest BCUT2D eigenvalue weighted by Gasteiger charge is 2.21. The number of aryl methyl sites for hydroxylation is 1. The second kappa shape index (κ2) is 5.48. The molecule has 0 saturated carbocycles. The van der Waals surface area contributed by atoms with E-state index in [4.69, 9.17) is 0 Å². The van der Waals surface area contributed by atoms with Crippen molar-refractivity contribution in [2.45, 2.75) is 25.7 Å². The summed E-state index contributed by atoms with van der Waals surface area (Å²) in [5.41, 5.74) is 4.35. The maximum atomic E-state index is 11.9. The van der Waals surface area contributed by atoms with Crippen LogP contribution in [-0.2, 0) is 19.3 Å². The van der Waals surface area contributed by atoms with Gasteiger partial charge in [-0.25, -0.2) is 4.98 Å². The molecule has 5 heteroatoms. The molecule has 2 aromatic rings. The van der Waals surface area contributed by atoms with Crippen molar-refractivity contribution in [2.75, 3.05) is 24.5 Å². The average molecular weight is 296 g/mol. The van der Waals surface area contributed by atoms with Crippen LogP contribution < -0.4 is 10.2 Å². The summed E-state index contributed by atoms with van der Waals surface area (Å²) in [6, 6.07) is 8.59. The number of hydrogen-bond acceptors (Lipinski definition) is 3. The minimum atomic E-state index is -0.0403. The first kappa shape index (κ1) is 13.4. The highest BCUT2D eigenvalue weighted by atomic mass is 16.1. The van der Waals surface area contributed by atoms with Gasteiger partial charge in [0.25, 0.3) is 5.91 Å². The van der Waals surface area contributed by atoms with Crippen LogP contribution in [-0.4, -0.2) is 35.5 Å². The second-order valence-corrected chi connectivity index (χ2v) is 5.99. The van der Waals surface area contributed by atoms with Crippen LogP contribution in [0.1, 0.15) is 34.0 Å². The molecule has 2 N–H and O–H groups in total. The largest absolute Gasteiger partial charge is 0.371 e. The third kappa shape index (κ3) is 2.36. The van der Waals surface area contributed by atoms with E-state index in [1.54, 1.807) is 0 Å². The van der Waals surface area contributed by atoms with Crippen molar-refractivity contribution >= 4 is 11.6 Å². The van der Waals surface area contributed by atoms with E-state index in [0.29, 0.717) is 5.69 Å². The Morgan fingerprint density at radius 3 is 3.09 bits per heavy atom. The van der Waals surface area contributed by atoms with E-state index in [-0.39, 0.29) is 5.91 Å². The number of fused-ring (bicyclic) bond motifs is 2. The number of H-pyrrole nitrogens is 1. The van der Waals surface area contributed by atoms with Gasteiger partial charge in [0.15, 0.2) is 0 Å². The lowest BCUT2D eigenvalue weighted by Gasteiger charge is -2.18. The van der Waals surface area contributed by atoms with Crippen LogP contribution in [0.5, 0.6) is 0 Å². The van der Waals surface area contributed by atoms with Crippen LogP contribution >= 0.6 is 0 Å². The number of nitrogens with one attached hydrogen (secondary N) is 2. The summed E-state index contributed by atoms with van der Waals surface area (Å²) in [5, 5.41) is 2.89. The normalized spacial score (nSPS) is 16.9. The number of aromatic nitrogens is 2. The van der Waals surface area contributed by atoms with Gasteiger partial charge in [0.05, 0.1) is 0 Å². The number of anilines is 1. The molecule has 3 heterocycles. The fraction of sp³-hybridized carbons (Fsp3) is 0.412. The topological polar surface area (TPSA) is 61.0 Å². The first-order chi connectivity index (χ1) is 10.8. The fourth-order valence-corrected chi connectivity index (χ4v) is 3.38. The van der Waals surface area contributed by atoms with Crippen molar-refractivity contribution in [1.29, 1.82) is 0 Å². The monoisotopic (exact) mass is 296 g/mol. The molecule has 2 aliphatic heterocycles. The Hall–Kier alpha value is -2.30. The Morgan fingerprint density at radius 1 is 1.23 bits per heavy atom. The van der Waals surface area contributed by atoms with Crippen molar-refractivity contribution in [3.63, 3.8) is 0 Å². The van der Waals surface area contributed by atoms with Gasteiger partial charge in [-0.05, 0) is 30.9 Å². The minimum absolute atomic E-state index is 0.0403. The van der Waals surface area contributed by atoms with E-state index in [9.17, 15) is 4.79 Å². The highest BCUT2D eigenvalue weighted by molar-refractivity contribution is 5.93. The number of carbonyl (C=O) groups is 1. The predicted molar refractivity (Wildman–Crippen MR) is 85.3 cm³/mol. The van der Waals surface area contributed by atoms with Crippen molar-refractivity contribution in [1.82, 2.24) is 15.3 Å². The third-order valence-electron chi connectivity index (χ3n) is 4.53. The lowest BCUT2D eigenvalue weighted by Crippen LogP contribution is -2.24. The molecule has 1 aromatic heterocycles. The molecule has 0 saturated heterocycles. The quantitative estimate of drug-likeness (QED) is 0.906. The first-order valence-corrected chi connectivity index (χ1v) is 8.00. The molecule has 0 radical (unpaired) electrons. The summed E-state index contributed by atoms with van der Waals surface area (Å²) in [6.45, 7) is 2.74. The maximum Gasteiger partial charge on any atom is 0.271 e. The molecule has 0 aliphatic carbocycles. The molecule has 5 nitrogen and oxygen atoms in total. The molecule has 0 fully saturated rings. The number of carbonyl (C=O) groups excluding carboxylic acids is 1. The van der Waals surface area contributed by atoms with Gasteiger partial charge >= 0.3 is 0 Å². The zero-order chi connectivity index (χ0) is 14.9. The summed E-state index contributed by atoms with van der Waals surface area (Å²) in [5.74, 6) is 0.882. The fourth-order valence-electron chi connectivity index (χ4n) is 3.38. The molecule has 114 valence electrons. The lowest BCUT2D eigenvalue weighted by atomic mass is 10.2. The van der Waals surface area contributed by atoms with Crippen LogP contribution in [0.4, 0.5) is 5.69 Å². The summed E-state index contributed by atoms with van der Waals surface area (Å²) in [7, 11) is 0. The first-order valence-electron chi connectivity index (χ1n) is 8.00. The smallest absolute Gasteiger partial charge is 0.271 e. The predicted octanol–water partition coefficient (Wildman–Crippen LogP) is 1.69. The maximum absolute atomic E-state index is 11.9. The Labute approximate surface area is 129 Å². The molecule has 1 aromatic carbocycles. The van der Waals surface area contributed by atoms with Gasteiger partial charge in [-0.1, -0.05) is 18.2 Å². The SMILES string of the molecule is O=C1NCCCc2[nH]c(CCN3CCc4ccccc43)nc21. The van der Waals surface area contributed by atoms with Crippen LogP contribution in [0, 0.1) is 0 Å². The van der Waals surface area contributed by atoms with E-state index in [1.807, 2.05) is 0 Å². The van der Waals surface area contributed by atoms with Gasteiger partial charge in [-0.2, -0.15) is 0 Å². The van der Waals surface area contributed by atoms with E-state index >= 15 is 0 Å². The van der Waals surface area contributed by atoms with Gasteiger partial charge in [-0.15, -0.1) is 0 Å². The number of amides is 1. The van der Waals surface area contributed by atoms with Crippen molar-refractivity contribution in [3.05, 3.63) is 47.0 Å². The number of benzene rings is 1. The van der Waals surface area contributed by atoms with Gasteiger partial charge < -0.3 is 15.2 Å². The van der Waals surface area contributed by atoms with Crippen molar-refractivity contribution < 1.29 is 4.79 Å². The molecule has 4 rings (SSSR count). The molecule has 0 spiro atoms. The Bertz CT molecular complexity index is 706. The summed E-state index contributed by atoms with van der Waals surface area (Å²) in [6.07, 6.45) is 3.83. The third-order valence-corrected chi connectivity index (χ3v) is 4.53. The van der Waals surface area contributed by atoms with E-state index in [0.717, 1.165) is 56.8 Å². The number of aromatic amines is 1. The molecule has 22 heavy (non-hydrogen) atoms. The van der Waals surface area contributed by atoms with Crippen LogP contribution in [0.3, 0.4) is 0 Å².